The van der Waals surface area contributed by atoms with E-state index in [0.29, 0.717) is 25.4 Å². The van der Waals surface area contributed by atoms with E-state index in [1.807, 2.05) is 6.92 Å². The van der Waals surface area contributed by atoms with Crippen LogP contribution in [-0.2, 0) is 10.2 Å². The molecule has 1 saturated heterocycles. The zero-order chi connectivity index (χ0) is 13.8. The Morgan fingerprint density at radius 3 is 2.17 bits per heavy atom. The van der Waals surface area contributed by atoms with Crippen LogP contribution >= 0.6 is 23.2 Å². The number of halogens is 2. The first kappa shape index (κ1) is 16.5. The van der Waals surface area contributed by atoms with Crippen LogP contribution in [0.5, 0.6) is 0 Å². The summed E-state index contributed by atoms with van der Waals surface area (Å²) >= 11 is 11.7. The predicted molar refractivity (Wildman–Crippen MR) is 76.5 cm³/mol. The lowest BCUT2D eigenvalue weighted by Crippen LogP contribution is -2.56. The van der Waals surface area contributed by atoms with E-state index in [9.17, 15) is 8.42 Å². The Hall–Kier alpha value is 0.450. The van der Waals surface area contributed by atoms with Crippen molar-refractivity contribution in [2.75, 3.05) is 24.8 Å². The third kappa shape index (κ3) is 3.97. The maximum Gasteiger partial charge on any atom is 0.280 e. The second kappa shape index (κ2) is 6.75. The summed E-state index contributed by atoms with van der Waals surface area (Å²) in [5.74, 6) is 0.945. The first-order valence-electron chi connectivity index (χ1n) is 6.30. The Balaban J connectivity index is 2.75. The van der Waals surface area contributed by atoms with Gasteiger partial charge in [0.2, 0.25) is 0 Å². The Kier molecular flexibility index (Phi) is 6.19. The molecule has 0 amide bonds. The average molecular weight is 317 g/mol. The van der Waals surface area contributed by atoms with Gasteiger partial charge in [-0.05, 0) is 25.2 Å². The van der Waals surface area contributed by atoms with Gasteiger partial charge in [0, 0.05) is 24.8 Å². The predicted octanol–water partition coefficient (Wildman–Crippen LogP) is 2.18. The highest BCUT2D eigenvalue weighted by Gasteiger charge is 2.35. The van der Waals surface area contributed by atoms with Crippen LogP contribution in [0.25, 0.3) is 0 Å². The summed E-state index contributed by atoms with van der Waals surface area (Å²) < 4.78 is 28.7. The maximum atomic E-state index is 12.3. The first-order valence-corrected chi connectivity index (χ1v) is 8.81. The fourth-order valence-corrected chi connectivity index (χ4v) is 4.53. The van der Waals surface area contributed by atoms with Crippen LogP contribution in [0.15, 0.2) is 0 Å². The number of alkyl halides is 2. The maximum absolute atomic E-state index is 12.3. The molecule has 108 valence electrons. The zero-order valence-corrected chi connectivity index (χ0v) is 13.3. The summed E-state index contributed by atoms with van der Waals surface area (Å²) in [6.45, 7) is 5.17. The molecule has 7 heteroatoms. The van der Waals surface area contributed by atoms with E-state index >= 15 is 0 Å². The number of nitrogens with one attached hydrogen (secondary N) is 1. The third-order valence-corrected chi connectivity index (χ3v) is 6.38. The van der Waals surface area contributed by atoms with E-state index in [4.69, 9.17) is 23.2 Å². The lowest BCUT2D eigenvalue weighted by molar-refractivity contribution is 0.279. The normalized spacial score (nSPS) is 20.2. The smallest absolute Gasteiger partial charge is 0.195 e. The van der Waals surface area contributed by atoms with Gasteiger partial charge in [0.15, 0.2) is 0 Å². The van der Waals surface area contributed by atoms with Gasteiger partial charge >= 0.3 is 0 Å². The molecule has 1 aliphatic rings. The minimum Gasteiger partial charge on any atom is -0.195 e. The lowest BCUT2D eigenvalue weighted by Gasteiger charge is -2.35. The molecule has 0 aliphatic carbocycles. The van der Waals surface area contributed by atoms with Crippen LogP contribution in [0.3, 0.4) is 0 Å². The highest BCUT2D eigenvalue weighted by Crippen LogP contribution is 2.21. The monoisotopic (exact) mass is 316 g/mol. The Morgan fingerprint density at radius 2 is 1.78 bits per heavy atom. The molecule has 0 aromatic heterocycles. The van der Waals surface area contributed by atoms with Crippen molar-refractivity contribution in [2.24, 2.45) is 5.92 Å². The quantitative estimate of drug-likeness (QED) is 0.763. The molecule has 0 bridgehead atoms. The number of hydrogen-bond acceptors (Lipinski definition) is 2. The Morgan fingerprint density at radius 1 is 1.28 bits per heavy atom. The van der Waals surface area contributed by atoms with Crippen LogP contribution in [0.2, 0.25) is 0 Å². The van der Waals surface area contributed by atoms with Crippen LogP contribution < -0.4 is 4.72 Å². The van der Waals surface area contributed by atoms with E-state index in [0.717, 1.165) is 12.8 Å². The first-order chi connectivity index (χ1) is 8.39. The molecule has 0 aromatic rings. The van der Waals surface area contributed by atoms with E-state index < -0.39 is 15.7 Å². The Labute approximate surface area is 120 Å². The highest BCUT2D eigenvalue weighted by molar-refractivity contribution is 7.87. The summed E-state index contributed by atoms with van der Waals surface area (Å²) in [6, 6.07) is 0. The fraction of sp³-hybridized carbons (Fsp3) is 1.00. The second-order valence-corrected chi connectivity index (χ2v) is 7.29. The lowest BCUT2D eigenvalue weighted by atomic mass is 10.0. The molecule has 0 spiro atoms. The topological polar surface area (TPSA) is 49.4 Å². The van der Waals surface area contributed by atoms with Gasteiger partial charge in [-0.1, -0.05) is 13.8 Å². The van der Waals surface area contributed by atoms with Crippen molar-refractivity contribution in [3.8, 4) is 0 Å². The highest BCUT2D eigenvalue weighted by atomic mass is 35.5. The number of nitrogens with zero attached hydrogens (tertiary/aromatic N) is 1. The molecule has 1 heterocycles. The molecule has 1 rings (SSSR count). The van der Waals surface area contributed by atoms with Crippen molar-refractivity contribution in [3.05, 3.63) is 0 Å². The van der Waals surface area contributed by atoms with Crippen LogP contribution in [0, 0.1) is 5.92 Å². The largest absolute Gasteiger partial charge is 0.280 e. The van der Waals surface area contributed by atoms with E-state index in [2.05, 4.69) is 11.6 Å². The van der Waals surface area contributed by atoms with Gasteiger partial charge < -0.3 is 0 Å². The van der Waals surface area contributed by atoms with Gasteiger partial charge in [-0.15, -0.1) is 23.2 Å². The molecule has 4 nitrogen and oxygen atoms in total. The van der Waals surface area contributed by atoms with Gasteiger partial charge in [-0.2, -0.15) is 17.4 Å². The summed E-state index contributed by atoms with van der Waals surface area (Å²) in [7, 11) is -3.49. The van der Waals surface area contributed by atoms with Gasteiger partial charge in [-0.3, -0.25) is 0 Å². The summed E-state index contributed by atoms with van der Waals surface area (Å²) in [6.07, 6.45) is 2.38. The van der Waals surface area contributed by atoms with Crippen LogP contribution in [0.4, 0.5) is 0 Å². The number of piperidine rings is 1. The minimum absolute atomic E-state index is 0.177. The van der Waals surface area contributed by atoms with E-state index in [1.165, 1.54) is 4.31 Å². The summed E-state index contributed by atoms with van der Waals surface area (Å²) in [5.41, 5.74) is -0.745. The second-order valence-electron chi connectivity index (χ2n) is 5.09. The number of rotatable bonds is 6. The molecular weight excluding hydrogens is 295 g/mol. The molecule has 0 radical (unpaired) electrons. The molecule has 0 saturated carbocycles. The SMILES string of the molecule is CCC(CCl)(CCl)NS(=O)(=O)N1CCC(C)CC1. The van der Waals surface area contributed by atoms with Crippen molar-refractivity contribution >= 4 is 33.4 Å². The van der Waals surface area contributed by atoms with Gasteiger partial charge in [0.1, 0.15) is 0 Å². The van der Waals surface area contributed by atoms with Crippen molar-refractivity contribution < 1.29 is 8.42 Å². The van der Waals surface area contributed by atoms with Gasteiger partial charge in [0.05, 0.1) is 5.54 Å². The molecule has 0 aromatic carbocycles. The van der Waals surface area contributed by atoms with Gasteiger partial charge in [0.25, 0.3) is 10.2 Å². The fourth-order valence-electron chi connectivity index (χ4n) is 1.91. The molecular formula is C11H22Cl2N2O2S. The van der Waals surface area contributed by atoms with Crippen molar-refractivity contribution in [3.63, 3.8) is 0 Å². The van der Waals surface area contributed by atoms with Crippen molar-refractivity contribution in [2.45, 2.75) is 38.6 Å². The molecule has 0 atom stereocenters. The van der Waals surface area contributed by atoms with Crippen molar-refractivity contribution in [1.82, 2.24) is 9.03 Å². The third-order valence-electron chi connectivity index (χ3n) is 3.62. The molecule has 0 unspecified atom stereocenters. The molecule has 1 aliphatic heterocycles. The van der Waals surface area contributed by atoms with Gasteiger partial charge in [-0.25, -0.2) is 0 Å². The van der Waals surface area contributed by atoms with Crippen LogP contribution in [-0.4, -0.2) is 43.1 Å². The average Bonchev–Trinajstić information content (AvgIpc) is 2.37. The zero-order valence-electron chi connectivity index (χ0n) is 11.0. The van der Waals surface area contributed by atoms with Crippen LogP contribution in [0.1, 0.15) is 33.1 Å². The Bertz CT molecular complexity index is 342. The standard InChI is InChI=1S/C11H22Cl2N2O2S/c1-3-11(8-12,9-13)14-18(16,17)15-6-4-10(2)5-7-15/h10,14H,3-9H2,1-2H3. The summed E-state index contributed by atoms with van der Waals surface area (Å²) in [5, 5.41) is 0. The molecule has 1 fully saturated rings. The summed E-state index contributed by atoms with van der Waals surface area (Å²) in [4.78, 5) is 0. The van der Waals surface area contributed by atoms with E-state index in [1.54, 1.807) is 0 Å². The van der Waals surface area contributed by atoms with Crippen molar-refractivity contribution in [1.29, 1.82) is 0 Å². The minimum atomic E-state index is -3.49. The van der Waals surface area contributed by atoms with E-state index in [-0.39, 0.29) is 11.8 Å². The molecule has 1 N–H and O–H groups in total. The number of hydrogen-bond donors (Lipinski definition) is 1. The molecule has 18 heavy (non-hydrogen) atoms.